The van der Waals surface area contributed by atoms with Crippen molar-refractivity contribution in [3.05, 3.63) is 0 Å². The van der Waals surface area contributed by atoms with Crippen LogP contribution in [-0.4, -0.2) is 49.4 Å². The molecule has 2 heterocycles. The zero-order valence-corrected chi connectivity index (χ0v) is 9.71. The molecule has 0 spiro atoms. The van der Waals surface area contributed by atoms with Crippen LogP contribution in [0.5, 0.6) is 0 Å². The van der Waals surface area contributed by atoms with Gasteiger partial charge in [0, 0.05) is 13.2 Å². The van der Waals surface area contributed by atoms with Crippen molar-refractivity contribution in [2.45, 2.75) is 32.0 Å². The lowest BCUT2D eigenvalue weighted by molar-refractivity contribution is -0.134. The van der Waals surface area contributed by atoms with Gasteiger partial charge in [0.25, 0.3) is 0 Å². The van der Waals surface area contributed by atoms with Gasteiger partial charge in [-0.2, -0.15) is 0 Å². The molecule has 3 nitrogen and oxygen atoms in total. The van der Waals surface area contributed by atoms with E-state index in [2.05, 4.69) is 17.7 Å². The van der Waals surface area contributed by atoms with Crippen LogP contribution in [0.3, 0.4) is 0 Å². The Morgan fingerprint density at radius 1 is 1.46 bits per heavy atom. The quantitative estimate of drug-likeness (QED) is 0.534. The maximum absolute atomic E-state index is 11.8. The van der Waals surface area contributed by atoms with Crippen LogP contribution in [-0.2, 0) is 4.79 Å². The lowest BCUT2D eigenvalue weighted by Gasteiger charge is -2.45. The van der Waals surface area contributed by atoms with E-state index in [0.29, 0.717) is 5.91 Å². The van der Waals surface area contributed by atoms with Gasteiger partial charge in [-0.15, -0.1) is 0 Å². The Morgan fingerprint density at radius 3 is 2.85 bits per heavy atom. The van der Waals surface area contributed by atoms with Crippen LogP contribution in [0, 0.1) is 0 Å². The van der Waals surface area contributed by atoms with Crippen molar-refractivity contribution in [2.75, 3.05) is 19.8 Å². The number of likely N-dealkylation sites (N-methyl/N-ethyl adjacent to an activating group) is 1. The molecule has 0 aliphatic carbocycles. The molecule has 0 N–H and O–H groups in total. The fourth-order valence-corrected chi connectivity index (χ4v) is 6.10. The first kappa shape index (κ1) is 9.21. The van der Waals surface area contributed by atoms with Crippen LogP contribution in [0.1, 0.15) is 12.8 Å². The fourth-order valence-electron chi connectivity index (χ4n) is 2.75. The van der Waals surface area contributed by atoms with Crippen molar-refractivity contribution < 1.29 is 4.79 Å². The molecule has 13 heavy (non-hydrogen) atoms. The summed E-state index contributed by atoms with van der Waals surface area (Å²) in [4.78, 5) is 13.7. The van der Waals surface area contributed by atoms with Crippen LogP contribution in [0.2, 0.25) is 13.1 Å². The van der Waals surface area contributed by atoms with Crippen molar-refractivity contribution in [3.63, 3.8) is 0 Å². The molecule has 74 valence electrons. The third-order valence-corrected chi connectivity index (χ3v) is 6.65. The average Bonchev–Trinajstić information content (AvgIpc) is 2.48. The Balaban J connectivity index is 2.26. The molecule has 4 heteroatoms. The fraction of sp³-hybridized carbons (Fsp3) is 0.889. The number of rotatable bonds is 0. The van der Waals surface area contributed by atoms with Crippen LogP contribution in [0.4, 0.5) is 0 Å². The van der Waals surface area contributed by atoms with Gasteiger partial charge in [0.1, 0.15) is 8.24 Å². The number of carbonyl (C=O) groups excluding carboxylic acids is 1. The number of carbonyl (C=O) groups is 1. The lowest BCUT2D eigenvalue weighted by atomic mass is 10.2. The standard InChI is InChI=1S/C9H18N2OSi/c1-10-7-13(2,3)11-6-4-5-8(11)9(10)12/h8H,4-7H2,1-3H3. The molecule has 2 rings (SSSR count). The van der Waals surface area contributed by atoms with Crippen molar-refractivity contribution >= 4 is 14.1 Å². The van der Waals surface area contributed by atoms with E-state index in [1.807, 2.05) is 11.9 Å². The summed E-state index contributed by atoms with van der Waals surface area (Å²) >= 11 is 0. The third-order valence-electron chi connectivity index (χ3n) is 3.32. The van der Waals surface area contributed by atoms with E-state index in [1.54, 1.807) is 0 Å². The number of hydrogen-bond acceptors (Lipinski definition) is 2. The van der Waals surface area contributed by atoms with Crippen LogP contribution in [0.15, 0.2) is 0 Å². The number of hydrogen-bond donors (Lipinski definition) is 0. The highest BCUT2D eigenvalue weighted by atomic mass is 28.3. The van der Waals surface area contributed by atoms with Gasteiger partial charge < -0.3 is 9.47 Å². The summed E-state index contributed by atoms with van der Waals surface area (Å²) in [6.45, 7) is 5.89. The first-order valence-electron chi connectivity index (χ1n) is 5.04. The second kappa shape index (κ2) is 2.82. The van der Waals surface area contributed by atoms with Gasteiger partial charge in [-0.25, -0.2) is 0 Å². The number of amides is 1. The predicted molar refractivity (Wildman–Crippen MR) is 54.8 cm³/mol. The molecule has 0 bridgehead atoms. The molecular formula is C9H18N2OSi. The predicted octanol–water partition coefficient (Wildman–Crippen LogP) is 0.667. The van der Waals surface area contributed by atoms with Crippen LogP contribution in [0.25, 0.3) is 0 Å². The minimum absolute atomic E-state index is 0.236. The summed E-state index contributed by atoms with van der Waals surface area (Å²) in [5.41, 5.74) is 0. The van der Waals surface area contributed by atoms with Gasteiger partial charge in [0.2, 0.25) is 5.91 Å². The van der Waals surface area contributed by atoms with E-state index in [1.165, 1.54) is 6.42 Å². The zero-order valence-electron chi connectivity index (χ0n) is 8.71. The van der Waals surface area contributed by atoms with Crippen molar-refractivity contribution in [1.29, 1.82) is 0 Å². The molecule has 1 atom stereocenters. The second-order valence-electron chi connectivity index (χ2n) is 4.86. The summed E-state index contributed by atoms with van der Waals surface area (Å²) in [7, 11) is 0.664. The Labute approximate surface area is 80.8 Å². The minimum Gasteiger partial charge on any atom is -0.346 e. The van der Waals surface area contributed by atoms with Gasteiger partial charge in [-0.1, -0.05) is 13.1 Å². The molecule has 1 unspecified atom stereocenters. The summed E-state index contributed by atoms with van der Waals surface area (Å²) in [5, 5.41) is 0. The van der Waals surface area contributed by atoms with E-state index < -0.39 is 8.24 Å². The lowest BCUT2D eigenvalue weighted by Crippen LogP contribution is -2.66. The molecule has 0 radical (unpaired) electrons. The van der Waals surface area contributed by atoms with Crippen LogP contribution >= 0.6 is 0 Å². The zero-order chi connectivity index (χ0) is 9.64. The second-order valence-corrected chi connectivity index (χ2v) is 9.37. The molecule has 0 aromatic carbocycles. The Morgan fingerprint density at radius 2 is 2.15 bits per heavy atom. The highest BCUT2D eigenvalue weighted by molar-refractivity contribution is 6.75. The van der Waals surface area contributed by atoms with Gasteiger partial charge in [0.15, 0.2) is 0 Å². The monoisotopic (exact) mass is 198 g/mol. The topological polar surface area (TPSA) is 23.6 Å². The molecule has 0 saturated carbocycles. The molecule has 2 aliphatic rings. The van der Waals surface area contributed by atoms with Gasteiger partial charge in [0.05, 0.1) is 6.04 Å². The van der Waals surface area contributed by atoms with Gasteiger partial charge in [-0.05, 0) is 19.4 Å². The Hall–Kier alpha value is -0.353. The molecule has 1 amide bonds. The Kier molecular flexibility index (Phi) is 2.00. The molecular weight excluding hydrogens is 180 g/mol. The Bertz CT molecular complexity index is 242. The van der Waals surface area contributed by atoms with E-state index in [-0.39, 0.29) is 6.04 Å². The largest absolute Gasteiger partial charge is 0.346 e. The van der Waals surface area contributed by atoms with Crippen molar-refractivity contribution in [3.8, 4) is 0 Å². The van der Waals surface area contributed by atoms with E-state index in [0.717, 1.165) is 19.1 Å². The van der Waals surface area contributed by atoms with Gasteiger partial charge in [-0.3, -0.25) is 4.79 Å². The first-order valence-corrected chi connectivity index (χ1v) is 8.19. The van der Waals surface area contributed by atoms with Crippen molar-refractivity contribution in [2.24, 2.45) is 0 Å². The third kappa shape index (κ3) is 1.32. The maximum Gasteiger partial charge on any atom is 0.238 e. The van der Waals surface area contributed by atoms with Gasteiger partial charge >= 0.3 is 0 Å². The highest BCUT2D eigenvalue weighted by Crippen LogP contribution is 2.29. The summed E-state index contributed by atoms with van der Waals surface area (Å²) < 4.78 is 2.51. The minimum atomic E-state index is -1.29. The average molecular weight is 198 g/mol. The number of nitrogens with zero attached hydrogens (tertiary/aromatic N) is 2. The summed E-state index contributed by atoms with van der Waals surface area (Å²) in [6, 6.07) is 0.236. The van der Waals surface area contributed by atoms with E-state index >= 15 is 0 Å². The summed E-state index contributed by atoms with van der Waals surface area (Å²) in [6.07, 6.45) is 3.29. The molecule has 0 aromatic heterocycles. The molecule has 2 saturated heterocycles. The molecule has 2 fully saturated rings. The van der Waals surface area contributed by atoms with Crippen molar-refractivity contribution in [1.82, 2.24) is 9.47 Å². The molecule has 0 aromatic rings. The van der Waals surface area contributed by atoms with Crippen LogP contribution < -0.4 is 0 Å². The maximum atomic E-state index is 11.8. The SMILES string of the molecule is CN1C[Si](C)(C)N2CCCC2C1=O. The summed E-state index contributed by atoms with van der Waals surface area (Å²) in [5.74, 6) is 0.351. The first-order chi connectivity index (χ1) is 6.02. The smallest absolute Gasteiger partial charge is 0.238 e. The van der Waals surface area contributed by atoms with E-state index in [4.69, 9.17) is 0 Å². The normalized spacial score (nSPS) is 33.6. The molecule has 2 aliphatic heterocycles. The van der Waals surface area contributed by atoms with E-state index in [9.17, 15) is 4.79 Å². The highest BCUT2D eigenvalue weighted by Gasteiger charge is 2.47. The number of fused-ring (bicyclic) bond motifs is 1.